The molecule has 50 heteroatoms. The summed E-state index contributed by atoms with van der Waals surface area (Å²) in [5.74, 6) is -0.263. The Kier molecular flexibility index (Phi) is 38.2. The molecule has 0 aliphatic heterocycles. The Morgan fingerprint density at radius 3 is 1.21 bits per heavy atom. The zero-order valence-corrected chi connectivity index (χ0v) is 61.9. The van der Waals surface area contributed by atoms with Crippen LogP contribution in [-0.2, 0) is 117 Å². The molecule has 0 aromatic rings. The molecule has 0 rings (SSSR count). The Bertz CT molecular complexity index is 2390. The maximum absolute atomic E-state index is 13.5. The molecule has 28 nitrogen and oxygen atoms in total. The quantitative estimate of drug-likeness (QED) is 0.0188. The van der Waals surface area contributed by atoms with Gasteiger partial charge in [-0.05, 0) is 70.9 Å². The van der Waals surface area contributed by atoms with Crippen LogP contribution in [0.3, 0.4) is 0 Å². The number of hydrogen-bond acceptors (Lipinski definition) is 27. The van der Waals surface area contributed by atoms with Gasteiger partial charge in [-0.25, -0.2) is 0 Å². The molecule has 0 aromatic carbocycles. The van der Waals surface area contributed by atoms with Gasteiger partial charge in [0, 0.05) is 26.4 Å². The second-order valence-corrected chi connectivity index (χ2v) is 122. The fraction of sp³-hybridized carbons (Fsp3) is 0.913. The van der Waals surface area contributed by atoms with Gasteiger partial charge in [0.1, 0.15) is 6.29 Å². The lowest BCUT2D eigenvalue weighted by molar-refractivity contribution is -0.123. The van der Waals surface area contributed by atoms with E-state index in [1.54, 1.807) is 13.1 Å². The summed E-state index contributed by atoms with van der Waals surface area (Å²) >= 11 is 0. The lowest BCUT2D eigenvalue weighted by Gasteiger charge is -2.32. The van der Waals surface area contributed by atoms with E-state index in [1.165, 1.54) is 13.1 Å². The van der Waals surface area contributed by atoms with E-state index in [0.29, 0.717) is 65.1 Å². The van der Waals surface area contributed by atoms with E-state index in [2.05, 4.69) is 10.6 Å². The lowest BCUT2D eigenvalue weighted by Crippen LogP contribution is -2.60. The Morgan fingerprint density at radius 1 is 0.452 bits per heavy atom. The third-order valence-electron chi connectivity index (χ3n) is 9.26. The first-order valence-electron chi connectivity index (χ1n) is 21.7. The minimum absolute atomic E-state index is 0.114. The van der Waals surface area contributed by atoms with Gasteiger partial charge in [0.15, 0.2) is 8.32 Å². The minimum Gasteiger partial charge on any atom is -0.453 e. The largest absolute Gasteiger partial charge is 0.453 e. The summed E-state index contributed by atoms with van der Waals surface area (Å²) in [5.41, 5.74) is 0. The SMILES string of the molecule is C[Si](C)(CCCOCCOCCCCOCNCCCCCCNC(=O)CC=O)O[Si](C)(C)[Si](=O)[Si](=O)[Si](=O)[Si](=O)[Si](=O)[Si](=O)[Si](=O)[Si](=O)[Si](=O)[Si](=O)[Si](=O)[Si](=O)[Si](=O)[Si](=O)[Si](=O)[Si](=O)[Si](=O)[Si](=O)[Si](=O)[SiH]=O. The maximum atomic E-state index is 13.5. The van der Waals surface area contributed by atoms with Crippen LogP contribution >= 0.6 is 0 Å². The Balaban J connectivity index is 4.85. The van der Waals surface area contributed by atoms with Crippen LogP contribution < -0.4 is 10.6 Å². The summed E-state index contributed by atoms with van der Waals surface area (Å²) < 4.78 is 274. The molecule has 0 heterocycles. The van der Waals surface area contributed by atoms with Crippen molar-refractivity contribution in [1.82, 2.24) is 10.6 Å². The van der Waals surface area contributed by atoms with Gasteiger partial charge in [0.05, 0.1) is 26.4 Å². The van der Waals surface area contributed by atoms with Gasteiger partial charge in [-0.3, -0.25) is 10.1 Å². The summed E-state index contributed by atoms with van der Waals surface area (Å²) in [6.07, 6.45) is 6.38. The van der Waals surface area contributed by atoms with E-state index >= 15 is 0 Å². The maximum Gasteiger partial charge on any atom is 0.381 e. The molecule has 1 amide bonds. The molecule has 0 radical (unpaired) electrons. The van der Waals surface area contributed by atoms with Crippen LogP contribution in [0.5, 0.6) is 0 Å². The molecular weight excluding hydrogens is 1340 g/mol. The van der Waals surface area contributed by atoms with Crippen molar-refractivity contribution in [1.29, 1.82) is 0 Å². The molecular formula is C23H50N2O26Si22. The highest BCUT2D eigenvalue weighted by Crippen LogP contribution is 2.20. The van der Waals surface area contributed by atoms with E-state index in [4.69, 9.17) is 18.3 Å². The van der Waals surface area contributed by atoms with Gasteiger partial charge < -0.3 is 118 Å². The standard InChI is InChI=1S/C23H50N2O26Si22/c1-72(2,21-11-18-49-20-19-48-16-9-10-17-50-22-24-13-7-5-6-8-14-25-23(27)12-15-26)51-73(3,4)71(47)70(46)69(45)68(44)67(43)66(42)65(41)64(40)63(39)62(38)61(37)60(36)59(35)58(34)57(33)56(32)55(31)54(30)53(29)52-28/h15,24,52H,5-14,16-22H2,1-4H3,(H,25,27). The molecule has 73 heavy (non-hydrogen) atoms. The van der Waals surface area contributed by atoms with E-state index in [0.717, 1.165) is 45.1 Å². The average Bonchev–Trinajstić information content (AvgIpc) is 3.36. The number of amides is 1. The van der Waals surface area contributed by atoms with Gasteiger partial charge in [-0.1, -0.05) is 12.8 Å². The molecule has 0 atom stereocenters. The minimum atomic E-state index is -4.47. The van der Waals surface area contributed by atoms with Crippen molar-refractivity contribution in [2.24, 2.45) is 0 Å². The Hall–Kier alpha value is -0.289. The third-order valence-corrected chi connectivity index (χ3v) is 172. The lowest BCUT2D eigenvalue weighted by atomic mass is 10.2. The smallest absolute Gasteiger partial charge is 0.381 e. The summed E-state index contributed by atoms with van der Waals surface area (Å²) in [6.45, 7) is 10.3. The van der Waals surface area contributed by atoms with Crippen LogP contribution in [0, 0.1) is 0 Å². The molecule has 0 aliphatic rings. The third kappa shape index (κ3) is 27.0. The zero-order chi connectivity index (χ0) is 56.2. The van der Waals surface area contributed by atoms with Gasteiger partial charge in [0.2, 0.25) is 13.7 Å². The fourth-order valence-corrected chi connectivity index (χ4v) is 244. The van der Waals surface area contributed by atoms with Crippen molar-refractivity contribution in [2.45, 2.75) is 83.6 Å². The topological polar surface area (TPSA) is 437 Å². The summed E-state index contributed by atoms with van der Waals surface area (Å²) in [7, 11) is -87.8. The molecule has 0 aliphatic carbocycles. The second kappa shape index (κ2) is 38.3. The number of rotatable bonds is 45. The van der Waals surface area contributed by atoms with Gasteiger partial charge in [-0.2, -0.15) is 0 Å². The Labute approximate surface area is 444 Å². The van der Waals surface area contributed by atoms with Crippen molar-refractivity contribution in [3.8, 4) is 0 Å². The summed E-state index contributed by atoms with van der Waals surface area (Å²) in [6, 6.07) is 0.493. The molecule has 0 spiro atoms. The van der Waals surface area contributed by atoms with Crippen molar-refractivity contribution in [2.75, 3.05) is 52.9 Å². The zero-order valence-electron chi connectivity index (χ0n) is 39.8. The first-order valence-corrected chi connectivity index (χ1v) is 75.7. The van der Waals surface area contributed by atoms with E-state index in [9.17, 15) is 98.8 Å². The second-order valence-electron chi connectivity index (χ2n) is 16.0. The number of ether oxygens (including phenoxy) is 3. The van der Waals surface area contributed by atoms with Crippen molar-refractivity contribution < 1.29 is 117 Å². The number of hydrogen-bond donors (Lipinski definition) is 2. The van der Waals surface area contributed by atoms with E-state index in [1.807, 2.05) is 0 Å². The van der Waals surface area contributed by atoms with Crippen LogP contribution in [0.1, 0.15) is 51.4 Å². The molecule has 0 bridgehead atoms. The molecule has 2 N–H and O–H groups in total. The van der Waals surface area contributed by atoms with Crippen LogP contribution in [0.15, 0.2) is 0 Å². The molecule has 0 saturated carbocycles. The highest BCUT2D eigenvalue weighted by atomic mass is 30.1. The number of nitrogens with one attached hydrogen (secondary N) is 2. The molecule has 0 aromatic heterocycles. The number of carbonyl (C=O) groups is 2. The number of aldehydes is 1. The van der Waals surface area contributed by atoms with Crippen LogP contribution in [0.25, 0.3) is 0 Å². The average molecular weight is 1390 g/mol. The van der Waals surface area contributed by atoms with Crippen LogP contribution in [-0.4, -0.2) is 237 Å². The fourth-order valence-electron chi connectivity index (χ4n) is 5.53. The van der Waals surface area contributed by atoms with Crippen molar-refractivity contribution >= 4 is 184 Å². The first-order chi connectivity index (χ1) is 34.0. The highest BCUT2D eigenvalue weighted by molar-refractivity contribution is 7.83. The molecule has 396 valence electrons. The Morgan fingerprint density at radius 2 is 0.808 bits per heavy atom. The molecule has 0 saturated heterocycles. The van der Waals surface area contributed by atoms with Crippen LogP contribution in [0.4, 0.5) is 0 Å². The normalized spacial score (nSPS) is 11.0. The molecule has 0 fully saturated rings. The highest BCUT2D eigenvalue weighted by Gasteiger charge is 2.57. The summed E-state index contributed by atoms with van der Waals surface area (Å²) in [5, 5.41) is 5.88. The van der Waals surface area contributed by atoms with Crippen molar-refractivity contribution in [3.05, 3.63) is 0 Å². The van der Waals surface area contributed by atoms with Gasteiger partial charge in [0.25, 0.3) is 0 Å². The predicted molar refractivity (Wildman–Crippen MR) is 268 cm³/mol. The summed E-state index contributed by atoms with van der Waals surface area (Å²) in [4.78, 5) is 21.5. The monoisotopic (exact) mass is 1390 g/mol. The van der Waals surface area contributed by atoms with E-state index < -0.39 is 172 Å². The van der Waals surface area contributed by atoms with Crippen LogP contribution in [0.2, 0.25) is 32.2 Å². The van der Waals surface area contributed by atoms with E-state index in [-0.39, 0.29) is 12.3 Å². The van der Waals surface area contributed by atoms with Gasteiger partial charge >= 0.3 is 156 Å². The predicted octanol–water partition coefficient (Wildman–Crippen LogP) is -6.77. The van der Waals surface area contributed by atoms with Gasteiger partial charge in [-0.15, -0.1) is 0 Å². The van der Waals surface area contributed by atoms with Crippen molar-refractivity contribution in [3.63, 3.8) is 0 Å². The first kappa shape index (κ1) is 72.7. The molecule has 0 unspecified atom stereocenters. The number of unbranched alkanes of at least 4 members (excludes halogenated alkanes) is 4. The number of carbonyl (C=O) groups excluding carboxylic acids is 2.